The zero-order valence-electron chi connectivity index (χ0n) is 10.1. The molecule has 1 unspecified atom stereocenters. The predicted molar refractivity (Wildman–Crippen MR) is 64.7 cm³/mol. The molecule has 94 valence electrons. The first-order chi connectivity index (χ1) is 8.10. The highest BCUT2D eigenvalue weighted by atomic mass is 16.5. The second kappa shape index (κ2) is 6.10. The fourth-order valence-electron chi connectivity index (χ4n) is 1.34. The van der Waals surface area contributed by atoms with Crippen LogP contribution in [0.5, 0.6) is 11.5 Å². The molecule has 0 bridgehead atoms. The van der Waals surface area contributed by atoms with E-state index in [9.17, 15) is 4.79 Å². The molecule has 0 aliphatic heterocycles. The molecule has 0 aliphatic rings. The first kappa shape index (κ1) is 13.3. The van der Waals surface area contributed by atoms with Crippen LogP contribution in [-0.4, -0.2) is 19.6 Å². The Morgan fingerprint density at radius 1 is 1.47 bits per heavy atom. The van der Waals surface area contributed by atoms with E-state index >= 15 is 0 Å². The van der Waals surface area contributed by atoms with Crippen LogP contribution in [0.15, 0.2) is 18.2 Å². The molecule has 1 aromatic carbocycles. The van der Waals surface area contributed by atoms with Gasteiger partial charge in [0.05, 0.1) is 19.6 Å². The summed E-state index contributed by atoms with van der Waals surface area (Å²) < 4.78 is 10.8. The van der Waals surface area contributed by atoms with E-state index in [-0.39, 0.29) is 12.5 Å². The second-order valence-electron chi connectivity index (χ2n) is 3.77. The first-order valence-corrected chi connectivity index (χ1v) is 5.38. The summed E-state index contributed by atoms with van der Waals surface area (Å²) in [6, 6.07) is 5.47. The number of hydrogen-bond donors (Lipinski definition) is 2. The standard InChI is InChI=1S/C12H18N2O3/c1-8(12(14)15)7-17-11-9(6-13)4-3-5-10(11)16-2/h3-5,8H,6-7,13H2,1-2H3,(H2,14,15). The minimum atomic E-state index is -0.394. The van der Waals surface area contributed by atoms with Crippen LogP contribution in [0.2, 0.25) is 0 Å². The van der Waals surface area contributed by atoms with Crippen molar-refractivity contribution in [3.63, 3.8) is 0 Å². The molecule has 4 N–H and O–H groups in total. The maximum absolute atomic E-state index is 10.9. The van der Waals surface area contributed by atoms with Crippen LogP contribution in [0.25, 0.3) is 0 Å². The molecule has 5 heteroatoms. The largest absolute Gasteiger partial charge is 0.493 e. The molecule has 0 spiro atoms. The Balaban J connectivity index is 2.84. The van der Waals surface area contributed by atoms with Gasteiger partial charge in [0.25, 0.3) is 0 Å². The van der Waals surface area contributed by atoms with Crippen molar-refractivity contribution in [3.8, 4) is 11.5 Å². The molecule has 0 heterocycles. The third kappa shape index (κ3) is 3.35. The van der Waals surface area contributed by atoms with E-state index in [1.54, 1.807) is 20.1 Å². The van der Waals surface area contributed by atoms with E-state index in [2.05, 4.69) is 0 Å². The Bertz CT molecular complexity index is 371. The molecule has 1 rings (SSSR count). The highest BCUT2D eigenvalue weighted by molar-refractivity contribution is 5.76. The number of rotatable bonds is 6. The molecule has 0 saturated heterocycles. The predicted octanol–water partition coefficient (Wildman–Crippen LogP) is 0.654. The van der Waals surface area contributed by atoms with Crippen LogP contribution >= 0.6 is 0 Å². The minimum Gasteiger partial charge on any atom is -0.493 e. The Hall–Kier alpha value is -1.75. The molecule has 0 fully saturated rings. The minimum absolute atomic E-state index is 0.211. The molecule has 0 radical (unpaired) electrons. The van der Waals surface area contributed by atoms with E-state index in [1.807, 2.05) is 12.1 Å². The average molecular weight is 238 g/mol. The van der Waals surface area contributed by atoms with Crippen LogP contribution in [-0.2, 0) is 11.3 Å². The molecule has 1 amide bonds. The van der Waals surface area contributed by atoms with E-state index in [0.29, 0.717) is 18.0 Å². The van der Waals surface area contributed by atoms with Crippen LogP contribution < -0.4 is 20.9 Å². The van der Waals surface area contributed by atoms with E-state index in [0.717, 1.165) is 5.56 Å². The van der Waals surface area contributed by atoms with Gasteiger partial charge in [0.15, 0.2) is 11.5 Å². The number of carbonyl (C=O) groups excluding carboxylic acids is 1. The molecule has 0 aliphatic carbocycles. The van der Waals surface area contributed by atoms with Gasteiger partial charge in [0.2, 0.25) is 5.91 Å². The Morgan fingerprint density at radius 3 is 2.71 bits per heavy atom. The van der Waals surface area contributed by atoms with E-state index in [4.69, 9.17) is 20.9 Å². The number of amides is 1. The van der Waals surface area contributed by atoms with Gasteiger partial charge in [0.1, 0.15) is 0 Å². The number of primary amides is 1. The first-order valence-electron chi connectivity index (χ1n) is 5.38. The van der Waals surface area contributed by atoms with Crippen molar-refractivity contribution >= 4 is 5.91 Å². The van der Waals surface area contributed by atoms with Crippen molar-refractivity contribution in [1.29, 1.82) is 0 Å². The summed E-state index contributed by atoms with van der Waals surface area (Å²) in [5.41, 5.74) is 11.6. The van der Waals surface area contributed by atoms with Crippen molar-refractivity contribution in [3.05, 3.63) is 23.8 Å². The summed E-state index contributed by atoms with van der Waals surface area (Å²) in [5.74, 6) is 0.426. The fraction of sp³-hybridized carbons (Fsp3) is 0.417. The Labute approximate surface area is 101 Å². The lowest BCUT2D eigenvalue weighted by Crippen LogP contribution is -2.26. The van der Waals surface area contributed by atoms with Gasteiger partial charge in [-0.2, -0.15) is 0 Å². The summed E-state index contributed by atoms with van der Waals surface area (Å²) in [4.78, 5) is 10.9. The number of para-hydroxylation sites is 1. The Kier molecular flexibility index (Phi) is 4.78. The van der Waals surface area contributed by atoms with Crippen molar-refractivity contribution in [2.24, 2.45) is 17.4 Å². The average Bonchev–Trinajstić information content (AvgIpc) is 2.34. The summed E-state index contributed by atoms with van der Waals surface area (Å²) >= 11 is 0. The van der Waals surface area contributed by atoms with Gasteiger partial charge < -0.3 is 20.9 Å². The lowest BCUT2D eigenvalue weighted by atomic mass is 10.1. The third-order valence-electron chi connectivity index (χ3n) is 2.46. The van der Waals surface area contributed by atoms with Gasteiger partial charge in [0, 0.05) is 12.1 Å². The van der Waals surface area contributed by atoms with Crippen LogP contribution in [0, 0.1) is 5.92 Å². The van der Waals surface area contributed by atoms with Gasteiger partial charge in [-0.3, -0.25) is 4.79 Å². The smallest absolute Gasteiger partial charge is 0.223 e. The summed E-state index contributed by atoms with van der Waals surface area (Å²) in [7, 11) is 1.56. The number of ether oxygens (including phenoxy) is 2. The van der Waals surface area contributed by atoms with Gasteiger partial charge in [-0.05, 0) is 6.07 Å². The SMILES string of the molecule is COc1cccc(CN)c1OCC(C)C(N)=O. The number of carbonyl (C=O) groups is 1. The molecule has 0 saturated carbocycles. The van der Waals surface area contributed by atoms with E-state index < -0.39 is 5.91 Å². The molecule has 17 heavy (non-hydrogen) atoms. The van der Waals surface area contributed by atoms with Crippen molar-refractivity contribution < 1.29 is 14.3 Å². The normalized spacial score (nSPS) is 11.9. The summed E-state index contributed by atoms with van der Waals surface area (Å²) in [6.45, 7) is 2.26. The molecular weight excluding hydrogens is 220 g/mol. The molecule has 1 atom stereocenters. The van der Waals surface area contributed by atoms with Gasteiger partial charge in [-0.1, -0.05) is 19.1 Å². The maximum Gasteiger partial charge on any atom is 0.223 e. The highest BCUT2D eigenvalue weighted by Crippen LogP contribution is 2.31. The monoisotopic (exact) mass is 238 g/mol. The maximum atomic E-state index is 10.9. The molecule has 0 aromatic heterocycles. The molecule has 5 nitrogen and oxygen atoms in total. The summed E-state index contributed by atoms with van der Waals surface area (Å²) in [5, 5.41) is 0. The lowest BCUT2D eigenvalue weighted by Gasteiger charge is -2.15. The molecular formula is C12H18N2O3. The number of nitrogens with two attached hydrogens (primary N) is 2. The van der Waals surface area contributed by atoms with E-state index in [1.165, 1.54) is 0 Å². The van der Waals surface area contributed by atoms with Crippen LogP contribution in [0.4, 0.5) is 0 Å². The second-order valence-corrected chi connectivity index (χ2v) is 3.77. The molecule has 1 aromatic rings. The number of hydrogen-bond acceptors (Lipinski definition) is 4. The van der Waals surface area contributed by atoms with Crippen molar-refractivity contribution in [1.82, 2.24) is 0 Å². The zero-order chi connectivity index (χ0) is 12.8. The quantitative estimate of drug-likeness (QED) is 0.761. The Morgan fingerprint density at radius 2 is 2.18 bits per heavy atom. The topological polar surface area (TPSA) is 87.6 Å². The van der Waals surface area contributed by atoms with Crippen molar-refractivity contribution in [2.75, 3.05) is 13.7 Å². The number of methoxy groups -OCH3 is 1. The van der Waals surface area contributed by atoms with Gasteiger partial charge >= 0.3 is 0 Å². The summed E-state index contributed by atoms with van der Waals surface area (Å²) in [6.07, 6.45) is 0. The van der Waals surface area contributed by atoms with Gasteiger partial charge in [-0.25, -0.2) is 0 Å². The van der Waals surface area contributed by atoms with Crippen LogP contribution in [0.3, 0.4) is 0 Å². The zero-order valence-corrected chi connectivity index (χ0v) is 10.1. The lowest BCUT2D eigenvalue weighted by molar-refractivity contribution is -0.122. The van der Waals surface area contributed by atoms with Crippen molar-refractivity contribution in [2.45, 2.75) is 13.5 Å². The highest BCUT2D eigenvalue weighted by Gasteiger charge is 2.14. The van der Waals surface area contributed by atoms with Gasteiger partial charge in [-0.15, -0.1) is 0 Å². The number of benzene rings is 1. The fourth-order valence-corrected chi connectivity index (χ4v) is 1.34. The van der Waals surface area contributed by atoms with Crippen LogP contribution in [0.1, 0.15) is 12.5 Å². The third-order valence-corrected chi connectivity index (χ3v) is 2.46.